The number of amides is 1. The van der Waals surface area contributed by atoms with Crippen LogP contribution in [0.4, 0.5) is 4.39 Å². The second-order valence-corrected chi connectivity index (χ2v) is 9.05. The first-order chi connectivity index (χ1) is 18.4. The van der Waals surface area contributed by atoms with E-state index in [4.69, 9.17) is 9.47 Å². The number of hydrogen-bond donors (Lipinski definition) is 2. The van der Waals surface area contributed by atoms with E-state index in [1.165, 1.54) is 12.1 Å². The predicted octanol–water partition coefficient (Wildman–Crippen LogP) is 5.01. The van der Waals surface area contributed by atoms with Crippen LogP contribution in [0.15, 0.2) is 78.9 Å². The Labute approximate surface area is 221 Å². The van der Waals surface area contributed by atoms with Crippen LogP contribution in [0.25, 0.3) is 0 Å². The Hall–Kier alpha value is -4.30. The fourth-order valence-corrected chi connectivity index (χ4v) is 3.96. The SMILES string of the molecule is Cc1n[nH]c(C)c1CC(=O)N[C@@H](COCc1ccccc1)C(=O)Cc1ccc(Oc2ccc(F)cc2)cc1. The Bertz CT molecular complexity index is 1330. The minimum atomic E-state index is -0.811. The van der Waals surface area contributed by atoms with Gasteiger partial charge in [-0.05, 0) is 61.4 Å². The average Bonchev–Trinajstić information content (AvgIpc) is 3.23. The minimum Gasteiger partial charge on any atom is -0.457 e. The largest absolute Gasteiger partial charge is 0.457 e. The van der Waals surface area contributed by atoms with E-state index < -0.39 is 6.04 Å². The summed E-state index contributed by atoms with van der Waals surface area (Å²) in [7, 11) is 0. The predicted molar refractivity (Wildman–Crippen MR) is 141 cm³/mol. The molecule has 0 saturated heterocycles. The maximum atomic E-state index is 13.3. The molecule has 0 fully saturated rings. The average molecular weight is 516 g/mol. The molecule has 4 aromatic rings. The number of carbonyl (C=O) groups is 2. The third-order valence-corrected chi connectivity index (χ3v) is 6.09. The van der Waals surface area contributed by atoms with Gasteiger partial charge in [-0.2, -0.15) is 5.10 Å². The number of carbonyl (C=O) groups excluding carboxylic acids is 2. The number of benzene rings is 3. The van der Waals surface area contributed by atoms with Crippen LogP contribution in [0, 0.1) is 19.7 Å². The molecule has 8 heteroatoms. The molecule has 0 radical (unpaired) electrons. The number of hydrogen-bond acceptors (Lipinski definition) is 5. The summed E-state index contributed by atoms with van der Waals surface area (Å²) in [6.07, 6.45) is 0.228. The molecule has 196 valence electrons. The number of nitrogens with zero attached hydrogens (tertiary/aromatic N) is 1. The van der Waals surface area contributed by atoms with Gasteiger partial charge in [0, 0.05) is 17.7 Å². The van der Waals surface area contributed by atoms with Gasteiger partial charge >= 0.3 is 0 Å². The summed E-state index contributed by atoms with van der Waals surface area (Å²) in [5.41, 5.74) is 4.14. The zero-order valence-electron chi connectivity index (χ0n) is 21.4. The third kappa shape index (κ3) is 7.60. The number of halogens is 1. The Morgan fingerprint density at radius 1 is 0.895 bits per heavy atom. The van der Waals surface area contributed by atoms with Gasteiger partial charge in [-0.15, -0.1) is 0 Å². The lowest BCUT2D eigenvalue weighted by molar-refractivity contribution is -0.128. The van der Waals surface area contributed by atoms with Gasteiger partial charge < -0.3 is 14.8 Å². The fourth-order valence-electron chi connectivity index (χ4n) is 3.96. The minimum absolute atomic E-state index is 0.0502. The number of aromatic amines is 1. The van der Waals surface area contributed by atoms with Crippen molar-refractivity contribution in [2.24, 2.45) is 0 Å². The van der Waals surface area contributed by atoms with E-state index >= 15 is 0 Å². The molecule has 0 spiro atoms. The number of aromatic nitrogens is 2. The highest BCUT2D eigenvalue weighted by Crippen LogP contribution is 2.22. The van der Waals surface area contributed by atoms with Gasteiger partial charge in [0.2, 0.25) is 5.91 Å². The molecule has 1 aromatic heterocycles. The number of H-pyrrole nitrogens is 1. The van der Waals surface area contributed by atoms with Crippen molar-refractivity contribution in [2.75, 3.05) is 6.61 Å². The highest BCUT2D eigenvalue weighted by Gasteiger charge is 2.23. The van der Waals surface area contributed by atoms with E-state index in [1.54, 1.807) is 36.4 Å². The van der Waals surface area contributed by atoms with Crippen LogP contribution < -0.4 is 10.1 Å². The molecule has 0 aliphatic rings. The van der Waals surface area contributed by atoms with Crippen LogP contribution in [0.2, 0.25) is 0 Å². The van der Waals surface area contributed by atoms with Gasteiger partial charge in [-0.1, -0.05) is 42.5 Å². The maximum Gasteiger partial charge on any atom is 0.225 e. The Morgan fingerprint density at radius 3 is 2.18 bits per heavy atom. The molecular weight excluding hydrogens is 485 g/mol. The molecule has 1 heterocycles. The normalized spacial score (nSPS) is 11.7. The van der Waals surface area contributed by atoms with Crippen LogP contribution >= 0.6 is 0 Å². The molecule has 0 aliphatic heterocycles. The van der Waals surface area contributed by atoms with Crippen molar-refractivity contribution < 1.29 is 23.5 Å². The molecule has 1 amide bonds. The molecule has 0 saturated carbocycles. The lowest BCUT2D eigenvalue weighted by Gasteiger charge is -2.18. The molecule has 38 heavy (non-hydrogen) atoms. The van der Waals surface area contributed by atoms with Crippen molar-refractivity contribution in [3.05, 3.63) is 113 Å². The molecular formula is C30H30FN3O4. The van der Waals surface area contributed by atoms with Gasteiger partial charge in [0.25, 0.3) is 0 Å². The van der Waals surface area contributed by atoms with Crippen molar-refractivity contribution in [3.63, 3.8) is 0 Å². The lowest BCUT2D eigenvalue weighted by atomic mass is 10.0. The summed E-state index contributed by atoms with van der Waals surface area (Å²) < 4.78 is 24.6. The van der Waals surface area contributed by atoms with E-state index in [2.05, 4.69) is 15.5 Å². The smallest absolute Gasteiger partial charge is 0.225 e. The number of ketones is 1. The Morgan fingerprint density at radius 2 is 1.55 bits per heavy atom. The highest BCUT2D eigenvalue weighted by atomic mass is 19.1. The number of Topliss-reactive ketones (excluding diaryl/α,β-unsaturated/α-hetero) is 1. The molecule has 0 aliphatic carbocycles. The Kier molecular flexibility index (Phi) is 9.00. The zero-order valence-corrected chi connectivity index (χ0v) is 21.4. The number of rotatable bonds is 12. The molecule has 3 aromatic carbocycles. The van der Waals surface area contributed by atoms with Crippen LogP contribution in [0.3, 0.4) is 0 Å². The molecule has 4 rings (SSSR count). The van der Waals surface area contributed by atoms with Crippen LogP contribution in [0.5, 0.6) is 11.5 Å². The summed E-state index contributed by atoms with van der Waals surface area (Å²) in [5, 5.41) is 9.87. The molecule has 7 nitrogen and oxygen atoms in total. The van der Waals surface area contributed by atoms with E-state index in [1.807, 2.05) is 44.2 Å². The first-order valence-corrected chi connectivity index (χ1v) is 12.3. The Balaban J connectivity index is 1.39. The zero-order chi connectivity index (χ0) is 26.9. The molecule has 0 bridgehead atoms. The number of nitrogens with one attached hydrogen (secondary N) is 2. The van der Waals surface area contributed by atoms with Crippen molar-refractivity contribution in [2.45, 2.75) is 39.3 Å². The van der Waals surface area contributed by atoms with Gasteiger partial charge in [0.05, 0.1) is 25.3 Å². The van der Waals surface area contributed by atoms with Gasteiger partial charge in [0.1, 0.15) is 23.4 Å². The highest BCUT2D eigenvalue weighted by molar-refractivity contribution is 5.91. The van der Waals surface area contributed by atoms with Crippen LogP contribution in [-0.4, -0.2) is 34.5 Å². The summed E-state index contributed by atoms with van der Waals surface area (Å²) in [5.74, 6) is 0.295. The number of aryl methyl sites for hydroxylation is 2. The first-order valence-electron chi connectivity index (χ1n) is 12.3. The second kappa shape index (κ2) is 12.8. The maximum absolute atomic E-state index is 13.3. The lowest BCUT2D eigenvalue weighted by Crippen LogP contribution is -2.45. The van der Waals surface area contributed by atoms with Gasteiger partial charge in [0.15, 0.2) is 5.78 Å². The quantitative estimate of drug-likeness (QED) is 0.277. The second-order valence-electron chi connectivity index (χ2n) is 9.05. The van der Waals surface area contributed by atoms with Crippen LogP contribution in [0.1, 0.15) is 28.1 Å². The third-order valence-electron chi connectivity index (χ3n) is 6.09. The van der Waals surface area contributed by atoms with Crippen molar-refractivity contribution in [1.29, 1.82) is 0 Å². The van der Waals surface area contributed by atoms with Gasteiger partial charge in [-0.3, -0.25) is 14.7 Å². The summed E-state index contributed by atoms with van der Waals surface area (Å²) in [6.45, 7) is 4.07. The summed E-state index contributed by atoms with van der Waals surface area (Å²) in [4.78, 5) is 26.1. The van der Waals surface area contributed by atoms with E-state index in [9.17, 15) is 14.0 Å². The number of ether oxygens (including phenoxy) is 2. The fraction of sp³-hybridized carbons (Fsp3) is 0.233. The van der Waals surface area contributed by atoms with E-state index in [0.717, 1.165) is 28.1 Å². The molecule has 2 N–H and O–H groups in total. The van der Waals surface area contributed by atoms with Gasteiger partial charge in [-0.25, -0.2) is 4.39 Å². The van der Waals surface area contributed by atoms with Crippen molar-refractivity contribution >= 4 is 11.7 Å². The van der Waals surface area contributed by atoms with E-state index in [-0.39, 0.29) is 37.0 Å². The molecule has 1 atom stereocenters. The van der Waals surface area contributed by atoms with Crippen LogP contribution in [-0.2, 0) is 33.8 Å². The van der Waals surface area contributed by atoms with E-state index in [0.29, 0.717) is 18.1 Å². The topological polar surface area (TPSA) is 93.3 Å². The monoisotopic (exact) mass is 515 g/mol. The first kappa shape index (κ1) is 26.8. The molecule has 0 unspecified atom stereocenters. The summed E-state index contributed by atoms with van der Waals surface area (Å²) >= 11 is 0. The standard InChI is InChI=1S/C30H30FN3O4/c1-20-27(21(2)34-33-20)17-30(36)32-28(19-37-18-23-6-4-3-5-7-23)29(35)16-22-8-12-25(13-9-22)38-26-14-10-24(31)11-15-26/h3-15,28H,16-19H2,1-2H3,(H,32,36)(H,33,34)/t28-/m0/s1. The summed E-state index contributed by atoms with van der Waals surface area (Å²) in [6, 6.07) is 21.6. The van der Waals surface area contributed by atoms with Crippen molar-refractivity contribution in [3.8, 4) is 11.5 Å². The van der Waals surface area contributed by atoms with Crippen molar-refractivity contribution in [1.82, 2.24) is 15.5 Å².